The van der Waals surface area contributed by atoms with Crippen LogP contribution in [-0.2, 0) is 20.1 Å². The van der Waals surface area contributed by atoms with E-state index >= 15 is 0 Å². The smallest absolute Gasteiger partial charge is 0.0914 e. The van der Waals surface area contributed by atoms with E-state index in [2.05, 4.69) is 71.9 Å². The third kappa shape index (κ3) is 7.11. The van der Waals surface area contributed by atoms with Crippen molar-refractivity contribution < 1.29 is 20.1 Å². The van der Waals surface area contributed by atoms with Gasteiger partial charge in [0.1, 0.15) is 0 Å². The predicted molar refractivity (Wildman–Crippen MR) is 133 cm³/mol. The zero-order valence-corrected chi connectivity index (χ0v) is 22.6. The molecule has 2 aromatic heterocycles. The van der Waals surface area contributed by atoms with Gasteiger partial charge in [0.25, 0.3) is 0 Å². The maximum atomic E-state index is 4.59. The number of hydrogen-bond donors (Lipinski definition) is 0. The molecule has 4 aromatic rings. The summed E-state index contributed by atoms with van der Waals surface area (Å²) in [5.41, 5.74) is 8.31. The summed E-state index contributed by atoms with van der Waals surface area (Å²) in [5, 5.41) is 0. The topological polar surface area (TPSA) is 51.6 Å². The third-order valence-corrected chi connectivity index (χ3v) is 5.21. The van der Waals surface area contributed by atoms with Gasteiger partial charge in [-0.25, -0.2) is 0 Å². The Kier molecular flexibility index (Phi) is 10.0. The molecule has 0 saturated heterocycles. The van der Waals surface area contributed by atoms with Crippen LogP contribution in [0, 0.1) is 13.8 Å². The Labute approximate surface area is 211 Å². The predicted octanol–water partition coefficient (Wildman–Crippen LogP) is 7.15. The molecule has 0 spiro atoms. The number of aromatic nitrogens is 4. The average Bonchev–Trinajstić information content (AvgIpc) is 2.80. The molecule has 2 heterocycles. The van der Waals surface area contributed by atoms with Gasteiger partial charge in [-0.1, -0.05) is 88.4 Å². The first-order chi connectivity index (χ1) is 15.4. The monoisotopic (exact) mass is 617 g/mol. The molecule has 4 nitrogen and oxygen atoms in total. The van der Waals surface area contributed by atoms with E-state index in [-0.39, 0.29) is 20.1 Å². The molecule has 2 aromatic carbocycles. The van der Waals surface area contributed by atoms with E-state index in [0.717, 1.165) is 45.3 Å². The molecule has 0 aliphatic carbocycles. The van der Waals surface area contributed by atoms with Crippen molar-refractivity contribution in [2.45, 2.75) is 53.4 Å². The van der Waals surface area contributed by atoms with Crippen LogP contribution in [0.2, 0.25) is 0 Å². The van der Waals surface area contributed by atoms with E-state index in [4.69, 9.17) is 0 Å². The van der Waals surface area contributed by atoms with Crippen molar-refractivity contribution in [1.29, 1.82) is 0 Å². The average molecular weight is 617 g/mol. The minimum absolute atomic E-state index is 0. The van der Waals surface area contributed by atoms with Crippen molar-refractivity contribution in [2.75, 3.05) is 0 Å². The summed E-state index contributed by atoms with van der Waals surface area (Å²) in [4.78, 5) is 18.2. The van der Waals surface area contributed by atoms with Crippen LogP contribution in [0.1, 0.15) is 62.3 Å². The Morgan fingerprint density at radius 1 is 0.545 bits per heavy atom. The first-order valence-electron chi connectivity index (χ1n) is 11.1. The zero-order chi connectivity index (χ0) is 23.1. The second kappa shape index (κ2) is 12.5. The molecule has 5 heteroatoms. The fourth-order valence-corrected chi connectivity index (χ4v) is 3.31. The van der Waals surface area contributed by atoms with E-state index in [9.17, 15) is 0 Å². The first kappa shape index (κ1) is 26.5. The summed E-state index contributed by atoms with van der Waals surface area (Å²) in [6, 6.07) is 20.3. The second-order valence-electron chi connectivity index (χ2n) is 8.50. The molecular weight excluding hydrogens is 585 g/mol. The molecule has 0 atom stereocenters. The minimum atomic E-state index is 0. The van der Waals surface area contributed by atoms with E-state index in [1.807, 2.05) is 62.6 Å². The number of benzene rings is 2. The van der Waals surface area contributed by atoms with Gasteiger partial charge in [0, 0.05) is 43.6 Å². The molecule has 0 saturated carbocycles. The van der Waals surface area contributed by atoms with Gasteiger partial charge < -0.3 is 0 Å². The maximum absolute atomic E-state index is 4.59. The maximum Gasteiger partial charge on any atom is 0.0914 e. The van der Waals surface area contributed by atoms with Crippen LogP contribution >= 0.6 is 0 Å². The van der Waals surface area contributed by atoms with Gasteiger partial charge in [0.2, 0.25) is 0 Å². The molecule has 0 N–H and O–H groups in total. The van der Waals surface area contributed by atoms with Gasteiger partial charge in [-0.3, -0.25) is 19.9 Å². The second-order valence-corrected chi connectivity index (χ2v) is 8.50. The van der Waals surface area contributed by atoms with Crippen molar-refractivity contribution >= 4 is 0 Å². The Morgan fingerprint density at radius 3 is 1.15 bits per heavy atom. The molecule has 1 radical (unpaired) electrons. The molecular formula is C28H32IrN4. The fraction of sp³-hybridized carbons (Fsp3) is 0.286. The zero-order valence-electron chi connectivity index (χ0n) is 20.2. The van der Waals surface area contributed by atoms with E-state index in [0.29, 0.717) is 11.8 Å². The van der Waals surface area contributed by atoms with Crippen LogP contribution in [0.15, 0.2) is 73.1 Å². The van der Waals surface area contributed by atoms with Crippen molar-refractivity contribution in [3.63, 3.8) is 0 Å². The van der Waals surface area contributed by atoms with Gasteiger partial charge in [-0.05, 0) is 25.7 Å². The summed E-state index contributed by atoms with van der Waals surface area (Å²) >= 11 is 0. The molecule has 0 aliphatic rings. The standard InChI is InChI=1S/2C14H16N2.Ir/c2*1-10(2)13-9-15-14(11(3)16-13)12-7-5-4-6-8-12;/h2*4-10H,1-3H3;. The summed E-state index contributed by atoms with van der Waals surface area (Å²) in [6.07, 6.45) is 3.75. The van der Waals surface area contributed by atoms with Crippen molar-refractivity contribution in [1.82, 2.24) is 19.9 Å². The molecule has 0 amide bonds. The fourth-order valence-electron chi connectivity index (χ4n) is 3.31. The number of rotatable bonds is 4. The van der Waals surface area contributed by atoms with E-state index in [1.54, 1.807) is 0 Å². The van der Waals surface area contributed by atoms with Gasteiger partial charge in [0.15, 0.2) is 0 Å². The molecule has 0 bridgehead atoms. The minimum Gasteiger partial charge on any atom is -0.254 e. The summed E-state index contributed by atoms with van der Waals surface area (Å²) in [6.45, 7) is 12.6. The van der Waals surface area contributed by atoms with Crippen LogP contribution in [0.5, 0.6) is 0 Å². The van der Waals surface area contributed by atoms with Gasteiger partial charge in [0.05, 0.1) is 34.2 Å². The molecule has 4 rings (SSSR count). The van der Waals surface area contributed by atoms with Crippen LogP contribution < -0.4 is 0 Å². The van der Waals surface area contributed by atoms with Crippen LogP contribution in [0.25, 0.3) is 22.5 Å². The Bertz CT molecular complexity index is 1050. The number of nitrogens with zero attached hydrogens (tertiary/aromatic N) is 4. The Morgan fingerprint density at radius 2 is 0.879 bits per heavy atom. The van der Waals surface area contributed by atoms with Crippen molar-refractivity contribution in [3.8, 4) is 22.5 Å². The molecule has 33 heavy (non-hydrogen) atoms. The van der Waals surface area contributed by atoms with E-state index < -0.39 is 0 Å². The number of hydrogen-bond acceptors (Lipinski definition) is 4. The summed E-state index contributed by atoms with van der Waals surface area (Å²) in [5.74, 6) is 0.854. The Balaban J connectivity index is 0.000000227. The van der Waals surface area contributed by atoms with Crippen LogP contribution in [0.4, 0.5) is 0 Å². The van der Waals surface area contributed by atoms with Gasteiger partial charge in [-0.15, -0.1) is 0 Å². The van der Waals surface area contributed by atoms with Gasteiger partial charge >= 0.3 is 0 Å². The van der Waals surface area contributed by atoms with E-state index in [1.165, 1.54) is 0 Å². The quantitative estimate of drug-likeness (QED) is 0.245. The molecule has 0 fully saturated rings. The Hall–Kier alpha value is -2.75. The van der Waals surface area contributed by atoms with Crippen molar-refractivity contribution in [2.24, 2.45) is 0 Å². The summed E-state index contributed by atoms with van der Waals surface area (Å²) < 4.78 is 0. The number of aryl methyl sites for hydroxylation is 2. The van der Waals surface area contributed by atoms with Crippen LogP contribution in [0.3, 0.4) is 0 Å². The normalized spacial score (nSPS) is 10.4. The largest absolute Gasteiger partial charge is 0.254 e. The van der Waals surface area contributed by atoms with Gasteiger partial charge in [-0.2, -0.15) is 0 Å². The molecule has 173 valence electrons. The summed E-state index contributed by atoms with van der Waals surface area (Å²) in [7, 11) is 0. The third-order valence-electron chi connectivity index (χ3n) is 5.21. The SMILES string of the molecule is Cc1nc(C(C)C)cnc1-c1ccccc1.Cc1nc(C(C)C)cnc1-c1ccccc1.[Ir]. The van der Waals surface area contributed by atoms with Crippen molar-refractivity contribution in [3.05, 3.63) is 95.8 Å². The first-order valence-corrected chi connectivity index (χ1v) is 11.1. The molecule has 0 unspecified atom stereocenters. The molecule has 0 aliphatic heterocycles. The van der Waals surface area contributed by atoms with Crippen LogP contribution in [-0.4, -0.2) is 19.9 Å².